The van der Waals surface area contributed by atoms with E-state index >= 15 is 0 Å². The summed E-state index contributed by atoms with van der Waals surface area (Å²) in [5.74, 6) is 0.767. The zero-order valence-electron chi connectivity index (χ0n) is 15.7. The molecule has 1 atom stereocenters. The highest BCUT2D eigenvalue weighted by molar-refractivity contribution is 5.81. The molecule has 6 heteroatoms. The lowest BCUT2D eigenvalue weighted by Gasteiger charge is -2.32. The summed E-state index contributed by atoms with van der Waals surface area (Å²) < 4.78 is 5.89. The van der Waals surface area contributed by atoms with E-state index in [0.29, 0.717) is 31.8 Å². The standard InChI is InChI=1S/C20H27N3O3/c1-14(2)17-6-4-5-7-18(17)26-15(3)20(25)22-16-9-12-23(13-10-16)19(24)8-11-21/h4-7,14-16H,8-10,12-13H2,1-3H3,(H,22,25). The minimum absolute atomic E-state index is 0.0278. The first-order valence-corrected chi connectivity index (χ1v) is 9.13. The molecule has 1 aliphatic rings. The SMILES string of the molecule is CC(Oc1ccccc1C(C)C)C(=O)NC1CCN(C(=O)CC#N)CC1. The Morgan fingerprint density at radius 3 is 2.54 bits per heavy atom. The van der Waals surface area contributed by atoms with Crippen LogP contribution in [-0.2, 0) is 9.59 Å². The first kappa shape index (κ1) is 19.8. The summed E-state index contributed by atoms with van der Waals surface area (Å²) in [6.45, 7) is 7.06. The van der Waals surface area contributed by atoms with Crippen molar-refractivity contribution >= 4 is 11.8 Å². The molecule has 1 aromatic carbocycles. The third-order valence-electron chi connectivity index (χ3n) is 4.64. The van der Waals surface area contributed by atoms with Gasteiger partial charge in [-0.15, -0.1) is 0 Å². The molecule has 26 heavy (non-hydrogen) atoms. The van der Waals surface area contributed by atoms with Gasteiger partial charge >= 0.3 is 0 Å². The van der Waals surface area contributed by atoms with E-state index in [2.05, 4.69) is 19.2 Å². The van der Waals surface area contributed by atoms with Crippen LogP contribution in [0.5, 0.6) is 5.75 Å². The molecule has 0 spiro atoms. The molecule has 0 aromatic heterocycles. The number of benzene rings is 1. The van der Waals surface area contributed by atoms with Crippen molar-refractivity contribution in [2.24, 2.45) is 0 Å². The topological polar surface area (TPSA) is 82.4 Å². The molecule has 1 heterocycles. The molecule has 1 aliphatic heterocycles. The molecule has 1 aromatic rings. The average Bonchev–Trinajstić information content (AvgIpc) is 2.62. The van der Waals surface area contributed by atoms with Crippen LogP contribution in [0.15, 0.2) is 24.3 Å². The van der Waals surface area contributed by atoms with Crippen molar-refractivity contribution in [3.63, 3.8) is 0 Å². The maximum atomic E-state index is 12.5. The minimum Gasteiger partial charge on any atom is -0.481 e. The van der Waals surface area contributed by atoms with Crippen LogP contribution in [0.25, 0.3) is 0 Å². The lowest BCUT2D eigenvalue weighted by Crippen LogP contribution is -2.49. The number of likely N-dealkylation sites (tertiary alicyclic amines) is 1. The Morgan fingerprint density at radius 2 is 1.92 bits per heavy atom. The molecule has 1 saturated heterocycles. The number of carbonyl (C=O) groups excluding carboxylic acids is 2. The lowest BCUT2D eigenvalue weighted by molar-refractivity contribution is -0.131. The van der Waals surface area contributed by atoms with Gasteiger partial charge in [-0.25, -0.2) is 0 Å². The van der Waals surface area contributed by atoms with E-state index in [1.165, 1.54) is 0 Å². The number of nitriles is 1. The van der Waals surface area contributed by atoms with Gasteiger partial charge in [0.15, 0.2) is 6.10 Å². The molecule has 1 fully saturated rings. The molecule has 0 radical (unpaired) electrons. The summed E-state index contributed by atoms with van der Waals surface area (Å²) in [7, 11) is 0. The van der Waals surface area contributed by atoms with Crippen LogP contribution < -0.4 is 10.1 Å². The maximum Gasteiger partial charge on any atom is 0.260 e. The summed E-state index contributed by atoms with van der Waals surface area (Å²) in [4.78, 5) is 25.9. The molecule has 0 bridgehead atoms. The van der Waals surface area contributed by atoms with Gasteiger partial charge in [0.05, 0.1) is 6.07 Å². The smallest absolute Gasteiger partial charge is 0.260 e. The zero-order valence-corrected chi connectivity index (χ0v) is 15.7. The van der Waals surface area contributed by atoms with Gasteiger partial charge in [-0.2, -0.15) is 5.26 Å². The van der Waals surface area contributed by atoms with E-state index in [0.717, 1.165) is 11.3 Å². The van der Waals surface area contributed by atoms with E-state index in [-0.39, 0.29) is 24.3 Å². The van der Waals surface area contributed by atoms with Crippen molar-refractivity contribution in [2.75, 3.05) is 13.1 Å². The fourth-order valence-corrected chi connectivity index (χ4v) is 3.08. The number of hydrogen-bond acceptors (Lipinski definition) is 4. The van der Waals surface area contributed by atoms with Crippen LogP contribution in [-0.4, -0.2) is 41.9 Å². The van der Waals surface area contributed by atoms with E-state index in [4.69, 9.17) is 10.00 Å². The largest absolute Gasteiger partial charge is 0.481 e. The number of nitrogens with zero attached hydrogens (tertiary/aromatic N) is 2. The van der Waals surface area contributed by atoms with E-state index < -0.39 is 6.10 Å². The van der Waals surface area contributed by atoms with Crippen LogP contribution >= 0.6 is 0 Å². The third-order valence-corrected chi connectivity index (χ3v) is 4.64. The second-order valence-corrected chi connectivity index (χ2v) is 6.95. The van der Waals surface area contributed by atoms with Crippen molar-refractivity contribution in [3.05, 3.63) is 29.8 Å². The number of piperidine rings is 1. The van der Waals surface area contributed by atoms with Crippen LogP contribution in [0.1, 0.15) is 51.5 Å². The molecular weight excluding hydrogens is 330 g/mol. The predicted octanol–water partition coefficient (Wildman–Crippen LogP) is 2.60. The van der Waals surface area contributed by atoms with Crippen LogP contribution in [0.2, 0.25) is 0 Å². The molecule has 2 rings (SSSR count). The van der Waals surface area contributed by atoms with Gasteiger partial charge in [-0.3, -0.25) is 9.59 Å². The van der Waals surface area contributed by atoms with Gasteiger partial charge in [-0.1, -0.05) is 32.0 Å². The summed E-state index contributed by atoms with van der Waals surface area (Å²) in [5, 5.41) is 11.6. The number of hydrogen-bond donors (Lipinski definition) is 1. The Labute approximate surface area is 155 Å². The molecule has 140 valence electrons. The maximum absolute atomic E-state index is 12.5. The summed E-state index contributed by atoms with van der Waals surface area (Å²) in [6.07, 6.45) is 0.710. The highest BCUT2D eigenvalue weighted by Crippen LogP contribution is 2.26. The Morgan fingerprint density at radius 1 is 1.27 bits per heavy atom. The van der Waals surface area contributed by atoms with Crippen LogP contribution in [0.3, 0.4) is 0 Å². The first-order valence-electron chi connectivity index (χ1n) is 9.13. The fourth-order valence-electron chi connectivity index (χ4n) is 3.08. The lowest BCUT2D eigenvalue weighted by atomic mass is 10.0. The second kappa shape index (κ2) is 9.23. The van der Waals surface area contributed by atoms with Crippen molar-refractivity contribution in [3.8, 4) is 11.8 Å². The van der Waals surface area contributed by atoms with E-state index in [1.54, 1.807) is 11.8 Å². The number of nitrogens with one attached hydrogen (secondary N) is 1. The van der Waals surface area contributed by atoms with Gasteiger partial charge in [-0.05, 0) is 37.3 Å². The summed E-state index contributed by atoms with van der Waals surface area (Å²) >= 11 is 0. The van der Waals surface area contributed by atoms with Crippen molar-refractivity contribution in [1.82, 2.24) is 10.2 Å². The Balaban J connectivity index is 1.85. The van der Waals surface area contributed by atoms with Crippen molar-refractivity contribution < 1.29 is 14.3 Å². The predicted molar refractivity (Wildman–Crippen MR) is 98.6 cm³/mol. The second-order valence-electron chi connectivity index (χ2n) is 6.95. The molecule has 0 aliphatic carbocycles. The highest BCUT2D eigenvalue weighted by atomic mass is 16.5. The average molecular weight is 357 g/mol. The summed E-state index contributed by atoms with van der Waals surface area (Å²) in [6, 6.07) is 9.68. The number of carbonyl (C=O) groups is 2. The van der Waals surface area contributed by atoms with E-state index in [9.17, 15) is 9.59 Å². The van der Waals surface area contributed by atoms with Gasteiger partial charge in [0.1, 0.15) is 12.2 Å². The number of ether oxygens (including phenoxy) is 1. The van der Waals surface area contributed by atoms with Gasteiger partial charge in [0, 0.05) is 19.1 Å². The number of para-hydroxylation sites is 1. The Bertz CT molecular complexity index is 673. The minimum atomic E-state index is -0.590. The molecule has 0 saturated carbocycles. The molecule has 2 amide bonds. The van der Waals surface area contributed by atoms with Gasteiger partial charge in [0.2, 0.25) is 5.91 Å². The van der Waals surface area contributed by atoms with E-state index in [1.807, 2.05) is 30.3 Å². The Kier molecular flexibility index (Phi) is 7.02. The van der Waals surface area contributed by atoms with Crippen LogP contribution in [0, 0.1) is 11.3 Å². The zero-order chi connectivity index (χ0) is 19.1. The summed E-state index contributed by atoms with van der Waals surface area (Å²) in [5.41, 5.74) is 1.08. The normalized spacial score (nSPS) is 16.0. The Hall–Kier alpha value is -2.55. The first-order chi connectivity index (χ1) is 12.4. The molecule has 6 nitrogen and oxygen atoms in total. The molecular formula is C20H27N3O3. The fraction of sp³-hybridized carbons (Fsp3) is 0.550. The number of rotatable bonds is 6. The van der Waals surface area contributed by atoms with Crippen molar-refractivity contribution in [2.45, 2.75) is 58.1 Å². The molecule has 1 unspecified atom stereocenters. The van der Waals surface area contributed by atoms with Gasteiger partial charge < -0.3 is 15.0 Å². The van der Waals surface area contributed by atoms with Gasteiger partial charge in [0.25, 0.3) is 5.91 Å². The number of amides is 2. The third kappa shape index (κ3) is 5.22. The van der Waals surface area contributed by atoms with Crippen molar-refractivity contribution in [1.29, 1.82) is 5.26 Å². The highest BCUT2D eigenvalue weighted by Gasteiger charge is 2.26. The monoisotopic (exact) mass is 357 g/mol. The molecule has 1 N–H and O–H groups in total. The van der Waals surface area contributed by atoms with Crippen LogP contribution in [0.4, 0.5) is 0 Å². The quantitative estimate of drug-likeness (QED) is 0.848.